The van der Waals surface area contributed by atoms with Crippen LogP contribution >= 0.6 is 11.8 Å². The summed E-state index contributed by atoms with van der Waals surface area (Å²) in [4.78, 5) is 22.9. The van der Waals surface area contributed by atoms with E-state index >= 15 is 0 Å². The highest BCUT2D eigenvalue weighted by atomic mass is 32.2. The number of carbonyl (C=O) groups excluding carboxylic acids is 1. The van der Waals surface area contributed by atoms with Crippen molar-refractivity contribution in [3.63, 3.8) is 0 Å². The van der Waals surface area contributed by atoms with Gasteiger partial charge in [-0.25, -0.2) is 9.97 Å². The van der Waals surface area contributed by atoms with Gasteiger partial charge in [0, 0.05) is 42.7 Å². The molecule has 1 saturated heterocycles. The van der Waals surface area contributed by atoms with Gasteiger partial charge in [0.05, 0.1) is 5.56 Å². The summed E-state index contributed by atoms with van der Waals surface area (Å²) in [6.07, 6.45) is 6.89. The zero-order valence-electron chi connectivity index (χ0n) is 12.8. The van der Waals surface area contributed by atoms with Crippen molar-refractivity contribution in [1.82, 2.24) is 19.4 Å². The Morgan fingerprint density at radius 2 is 2.27 bits per heavy atom. The van der Waals surface area contributed by atoms with Crippen molar-refractivity contribution in [2.24, 2.45) is 5.92 Å². The summed E-state index contributed by atoms with van der Waals surface area (Å²) < 4.78 is 1.82. The van der Waals surface area contributed by atoms with Crippen LogP contribution in [0.1, 0.15) is 24.2 Å². The Bertz CT molecular complexity index is 624. The number of carbonyl (C=O) groups is 1. The molecule has 1 amide bonds. The maximum Gasteiger partial charge on any atom is 0.255 e. The lowest BCUT2D eigenvalue weighted by atomic mass is 10.1. The Balaban J connectivity index is 1.72. The average Bonchev–Trinajstić information content (AvgIpc) is 3.09. The molecule has 0 aliphatic carbocycles. The fourth-order valence-electron chi connectivity index (χ4n) is 2.51. The molecule has 0 radical (unpaired) electrons. The van der Waals surface area contributed by atoms with Crippen LogP contribution < -0.4 is 0 Å². The highest BCUT2D eigenvalue weighted by molar-refractivity contribution is 8.00. The van der Waals surface area contributed by atoms with Gasteiger partial charge in [0.2, 0.25) is 0 Å². The number of hydrogen-bond acceptors (Lipinski definition) is 4. The molecule has 116 valence electrons. The summed E-state index contributed by atoms with van der Waals surface area (Å²) in [5.74, 6) is 2.44. The molecule has 3 rings (SSSR count). The van der Waals surface area contributed by atoms with E-state index in [-0.39, 0.29) is 5.91 Å². The maximum atomic E-state index is 12.6. The standard InChI is InChI=1S/C16H20N4OS/c1-12(2)14-10-19(7-8-22-14)16(21)13-3-4-15(18-9-13)20-6-5-17-11-20/h3-6,9,11-12,14H,7-8,10H2,1-2H3/t14-/m1/s1. The minimum absolute atomic E-state index is 0.0793. The van der Waals surface area contributed by atoms with Crippen LogP contribution in [0.4, 0.5) is 0 Å². The van der Waals surface area contributed by atoms with Crippen molar-refractivity contribution >= 4 is 17.7 Å². The zero-order chi connectivity index (χ0) is 15.5. The van der Waals surface area contributed by atoms with Gasteiger partial charge in [-0.15, -0.1) is 0 Å². The van der Waals surface area contributed by atoms with Gasteiger partial charge in [-0.1, -0.05) is 13.8 Å². The van der Waals surface area contributed by atoms with Crippen LogP contribution in [0, 0.1) is 5.92 Å². The first-order valence-electron chi connectivity index (χ1n) is 7.50. The predicted molar refractivity (Wildman–Crippen MR) is 88.3 cm³/mol. The lowest BCUT2D eigenvalue weighted by Crippen LogP contribution is -2.43. The van der Waals surface area contributed by atoms with Gasteiger partial charge in [-0.2, -0.15) is 11.8 Å². The molecule has 0 aromatic carbocycles. The third-order valence-corrected chi connectivity index (χ3v) is 5.43. The Morgan fingerprint density at radius 1 is 1.41 bits per heavy atom. The maximum absolute atomic E-state index is 12.6. The number of amides is 1. The van der Waals surface area contributed by atoms with Gasteiger partial charge in [0.15, 0.2) is 0 Å². The molecule has 1 aliphatic rings. The van der Waals surface area contributed by atoms with Gasteiger partial charge in [0.25, 0.3) is 5.91 Å². The van der Waals surface area contributed by atoms with E-state index in [1.807, 2.05) is 39.6 Å². The molecule has 2 aromatic rings. The summed E-state index contributed by atoms with van der Waals surface area (Å²) in [5.41, 5.74) is 0.651. The van der Waals surface area contributed by atoms with Crippen LogP contribution in [0.5, 0.6) is 0 Å². The van der Waals surface area contributed by atoms with Gasteiger partial charge in [-0.05, 0) is 18.1 Å². The van der Waals surface area contributed by atoms with Gasteiger partial charge in [0.1, 0.15) is 12.1 Å². The molecule has 0 N–H and O–H groups in total. The SMILES string of the molecule is CC(C)[C@H]1CN(C(=O)c2ccc(-n3ccnc3)nc2)CCS1. The van der Waals surface area contributed by atoms with E-state index in [9.17, 15) is 4.79 Å². The number of nitrogens with zero attached hydrogens (tertiary/aromatic N) is 4. The van der Waals surface area contributed by atoms with Crippen LogP contribution in [0.2, 0.25) is 0 Å². The molecule has 3 heterocycles. The molecule has 6 heteroatoms. The molecular formula is C16H20N4OS. The number of aromatic nitrogens is 3. The smallest absolute Gasteiger partial charge is 0.255 e. The Labute approximate surface area is 134 Å². The highest BCUT2D eigenvalue weighted by Crippen LogP contribution is 2.25. The molecule has 2 aromatic heterocycles. The normalized spacial score (nSPS) is 18.7. The quantitative estimate of drug-likeness (QED) is 0.873. The van der Waals surface area contributed by atoms with Crippen LogP contribution in [0.25, 0.3) is 5.82 Å². The minimum atomic E-state index is 0.0793. The molecule has 1 fully saturated rings. The number of rotatable bonds is 3. The Hall–Kier alpha value is -1.82. The number of thioether (sulfide) groups is 1. The summed E-state index contributed by atoms with van der Waals surface area (Å²) in [5, 5.41) is 0.524. The summed E-state index contributed by atoms with van der Waals surface area (Å²) in [7, 11) is 0. The fraction of sp³-hybridized carbons (Fsp3) is 0.438. The topological polar surface area (TPSA) is 51.0 Å². The van der Waals surface area contributed by atoms with E-state index in [0.717, 1.165) is 24.7 Å². The van der Waals surface area contributed by atoms with Crippen molar-refractivity contribution in [2.45, 2.75) is 19.1 Å². The highest BCUT2D eigenvalue weighted by Gasteiger charge is 2.26. The third kappa shape index (κ3) is 3.16. The molecule has 5 nitrogen and oxygen atoms in total. The molecule has 0 bridgehead atoms. The van der Waals surface area contributed by atoms with E-state index in [4.69, 9.17) is 0 Å². The third-order valence-electron chi connectivity index (χ3n) is 3.89. The van der Waals surface area contributed by atoms with E-state index in [2.05, 4.69) is 23.8 Å². The molecular weight excluding hydrogens is 296 g/mol. The van der Waals surface area contributed by atoms with Gasteiger partial charge < -0.3 is 4.90 Å². The van der Waals surface area contributed by atoms with Crippen LogP contribution in [0.15, 0.2) is 37.1 Å². The van der Waals surface area contributed by atoms with E-state index in [1.54, 1.807) is 18.7 Å². The first kappa shape index (κ1) is 15.1. The predicted octanol–water partition coefficient (Wildman–Crippen LogP) is 2.48. The van der Waals surface area contributed by atoms with Crippen LogP contribution in [-0.4, -0.2) is 49.4 Å². The lowest BCUT2D eigenvalue weighted by molar-refractivity contribution is 0.0755. The van der Waals surface area contributed by atoms with Crippen molar-refractivity contribution in [3.05, 3.63) is 42.6 Å². The molecule has 22 heavy (non-hydrogen) atoms. The van der Waals surface area contributed by atoms with Crippen LogP contribution in [0.3, 0.4) is 0 Å². The van der Waals surface area contributed by atoms with Crippen molar-refractivity contribution < 1.29 is 4.79 Å². The molecule has 0 saturated carbocycles. The fourth-order valence-corrected chi connectivity index (χ4v) is 3.80. The number of pyridine rings is 1. The lowest BCUT2D eigenvalue weighted by Gasteiger charge is -2.34. The largest absolute Gasteiger partial charge is 0.337 e. The number of imidazole rings is 1. The second-order valence-electron chi connectivity index (χ2n) is 5.78. The first-order chi connectivity index (χ1) is 10.6. The molecule has 1 aliphatic heterocycles. The summed E-state index contributed by atoms with van der Waals surface area (Å²) in [6.45, 7) is 6.07. The zero-order valence-corrected chi connectivity index (χ0v) is 13.7. The van der Waals surface area contributed by atoms with Crippen molar-refractivity contribution in [2.75, 3.05) is 18.8 Å². The second kappa shape index (κ2) is 6.52. The monoisotopic (exact) mass is 316 g/mol. The average molecular weight is 316 g/mol. The van der Waals surface area contributed by atoms with Crippen LogP contribution in [-0.2, 0) is 0 Å². The van der Waals surface area contributed by atoms with Crippen molar-refractivity contribution in [1.29, 1.82) is 0 Å². The first-order valence-corrected chi connectivity index (χ1v) is 8.55. The minimum Gasteiger partial charge on any atom is -0.337 e. The second-order valence-corrected chi connectivity index (χ2v) is 7.13. The Kier molecular flexibility index (Phi) is 4.47. The molecule has 1 atom stereocenters. The molecule has 0 unspecified atom stereocenters. The summed E-state index contributed by atoms with van der Waals surface area (Å²) in [6, 6.07) is 3.70. The van der Waals surface area contributed by atoms with Gasteiger partial charge in [-0.3, -0.25) is 9.36 Å². The van der Waals surface area contributed by atoms with E-state index in [0.29, 0.717) is 16.7 Å². The van der Waals surface area contributed by atoms with E-state index in [1.165, 1.54) is 0 Å². The van der Waals surface area contributed by atoms with Gasteiger partial charge >= 0.3 is 0 Å². The molecule has 0 spiro atoms. The summed E-state index contributed by atoms with van der Waals surface area (Å²) >= 11 is 1.97. The number of hydrogen-bond donors (Lipinski definition) is 0. The van der Waals surface area contributed by atoms with E-state index < -0.39 is 0 Å². The Morgan fingerprint density at radius 3 is 2.91 bits per heavy atom. The van der Waals surface area contributed by atoms with Crippen molar-refractivity contribution in [3.8, 4) is 5.82 Å².